The minimum Gasteiger partial charge on any atom is -0.480 e. The van der Waals surface area contributed by atoms with Crippen molar-refractivity contribution in [3.8, 4) is 0 Å². The first-order valence-corrected chi connectivity index (χ1v) is 5.97. The fourth-order valence-electron chi connectivity index (χ4n) is 1.05. The molecule has 0 aliphatic rings. The highest BCUT2D eigenvalue weighted by atomic mass is 32.2. The quantitative estimate of drug-likeness (QED) is 0.809. The Morgan fingerprint density at radius 3 is 2.71 bits per heavy atom. The van der Waals surface area contributed by atoms with Gasteiger partial charge < -0.3 is 5.11 Å². The van der Waals surface area contributed by atoms with Crippen LogP contribution in [-0.2, 0) is 15.0 Å². The molecule has 94 valence electrons. The topological polar surface area (TPSA) is 86.7 Å². The maximum absolute atomic E-state index is 12.8. The second-order valence-electron chi connectivity index (χ2n) is 3.27. The van der Waals surface area contributed by atoms with Crippen molar-refractivity contribution in [1.29, 1.82) is 0 Å². The van der Waals surface area contributed by atoms with Crippen molar-refractivity contribution in [3.05, 3.63) is 30.1 Å². The van der Waals surface area contributed by atoms with Crippen molar-refractivity contribution in [2.24, 2.45) is 0 Å². The molecule has 2 N–H and O–H groups in total. The molecule has 0 bridgehead atoms. The molecule has 0 heterocycles. The Labute approximate surface area is 97.9 Å². The molecule has 0 amide bonds. The molecule has 1 aromatic rings. The number of carboxylic acid groups (broad SMARTS) is 1. The molecule has 8 heteroatoms. The summed E-state index contributed by atoms with van der Waals surface area (Å²) in [6.45, 7) is -0.676. The van der Waals surface area contributed by atoms with E-state index in [9.17, 15) is 17.6 Å². The summed E-state index contributed by atoms with van der Waals surface area (Å²) in [6, 6.07) is 4.85. The minimum atomic E-state index is -3.99. The first-order valence-electron chi connectivity index (χ1n) is 4.53. The zero-order chi connectivity index (χ0) is 13.1. The third-order valence-electron chi connectivity index (χ3n) is 1.84. The van der Waals surface area contributed by atoms with Gasteiger partial charge in [0.2, 0.25) is 0 Å². The minimum absolute atomic E-state index is 0.0299. The number of aliphatic carboxylic acids is 1. The first kappa shape index (κ1) is 13.4. The number of nitrogens with zero attached hydrogens (tertiary/aromatic N) is 1. The van der Waals surface area contributed by atoms with Crippen LogP contribution in [-0.4, -0.2) is 37.4 Å². The van der Waals surface area contributed by atoms with E-state index in [4.69, 9.17) is 5.11 Å². The van der Waals surface area contributed by atoms with Gasteiger partial charge in [-0.2, -0.15) is 12.7 Å². The van der Waals surface area contributed by atoms with Crippen molar-refractivity contribution in [3.63, 3.8) is 0 Å². The molecule has 0 saturated carbocycles. The van der Waals surface area contributed by atoms with Gasteiger partial charge in [-0.25, -0.2) is 4.39 Å². The number of carbonyl (C=O) groups is 1. The number of nitrogens with one attached hydrogen (secondary N) is 1. The summed E-state index contributed by atoms with van der Waals surface area (Å²) < 4.78 is 38.6. The summed E-state index contributed by atoms with van der Waals surface area (Å²) >= 11 is 0. The summed E-state index contributed by atoms with van der Waals surface area (Å²) in [5.74, 6) is -1.87. The predicted molar refractivity (Wildman–Crippen MR) is 59.2 cm³/mol. The van der Waals surface area contributed by atoms with Crippen molar-refractivity contribution in [1.82, 2.24) is 4.31 Å². The predicted octanol–water partition coefficient (Wildman–Crippen LogP) is 0.499. The van der Waals surface area contributed by atoms with Gasteiger partial charge in [-0.05, 0) is 18.2 Å². The van der Waals surface area contributed by atoms with Crippen LogP contribution in [0.1, 0.15) is 0 Å². The molecule has 0 radical (unpaired) electrons. The summed E-state index contributed by atoms with van der Waals surface area (Å²) in [5.41, 5.74) is 0.0299. The van der Waals surface area contributed by atoms with Crippen molar-refractivity contribution < 1.29 is 22.7 Å². The standard InChI is InChI=1S/C9H11FN2O4S/c1-12(6-9(13)14)17(15,16)11-8-4-2-3-7(10)5-8/h2-5,11H,6H2,1H3,(H,13,14). The molecule has 17 heavy (non-hydrogen) atoms. The monoisotopic (exact) mass is 262 g/mol. The van der Waals surface area contributed by atoms with Gasteiger partial charge in [-0.15, -0.1) is 0 Å². The Morgan fingerprint density at radius 2 is 2.18 bits per heavy atom. The van der Waals surface area contributed by atoms with Crippen LogP contribution in [0.15, 0.2) is 24.3 Å². The number of hydrogen-bond donors (Lipinski definition) is 2. The maximum Gasteiger partial charge on any atom is 0.318 e. The molecule has 0 aliphatic heterocycles. The summed E-state index contributed by atoms with van der Waals surface area (Å²) in [4.78, 5) is 10.4. The van der Waals surface area contributed by atoms with Crippen LogP contribution in [0, 0.1) is 5.82 Å². The lowest BCUT2D eigenvalue weighted by Crippen LogP contribution is -2.36. The van der Waals surface area contributed by atoms with Gasteiger partial charge in [-0.3, -0.25) is 9.52 Å². The Kier molecular flexibility index (Phi) is 4.02. The van der Waals surface area contributed by atoms with Crippen LogP contribution in [0.25, 0.3) is 0 Å². The van der Waals surface area contributed by atoms with E-state index in [2.05, 4.69) is 4.72 Å². The Balaban J connectivity index is 2.83. The lowest BCUT2D eigenvalue weighted by Gasteiger charge is -2.16. The van der Waals surface area contributed by atoms with Gasteiger partial charge in [0.25, 0.3) is 0 Å². The van der Waals surface area contributed by atoms with Gasteiger partial charge in [0.1, 0.15) is 12.4 Å². The Morgan fingerprint density at radius 1 is 1.53 bits per heavy atom. The maximum atomic E-state index is 12.8. The van der Waals surface area contributed by atoms with E-state index in [0.29, 0.717) is 4.31 Å². The molecule has 0 saturated heterocycles. The Hall–Kier alpha value is -1.67. The lowest BCUT2D eigenvalue weighted by molar-refractivity contribution is -0.137. The van der Waals surface area contributed by atoms with Crippen LogP contribution in [0.2, 0.25) is 0 Å². The van der Waals surface area contributed by atoms with E-state index < -0.39 is 28.5 Å². The number of likely N-dealkylation sites (N-methyl/N-ethyl adjacent to an activating group) is 1. The molecule has 0 aliphatic carbocycles. The highest BCUT2D eigenvalue weighted by molar-refractivity contribution is 7.90. The summed E-state index contributed by atoms with van der Waals surface area (Å²) in [5, 5.41) is 8.46. The van der Waals surface area contributed by atoms with E-state index in [1.807, 2.05) is 0 Å². The van der Waals surface area contributed by atoms with E-state index in [-0.39, 0.29) is 5.69 Å². The first-order chi connectivity index (χ1) is 7.81. The zero-order valence-corrected chi connectivity index (χ0v) is 9.74. The molecule has 0 aromatic heterocycles. The third kappa shape index (κ3) is 4.00. The van der Waals surface area contributed by atoms with Gasteiger partial charge in [0.15, 0.2) is 0 Å². The molecular weight excluding hydrogens is 251 g/mol. The van der Waals surface area contributed by atoms with E-state index in [1.165, 1.54) is 18.2 Å². The second-order valence-corrected chi connectivity index (χ2v) is 5.04. The average Bonchev–Trinajstić information content (AvgIpc) is 2.15. The van der Waals surface area contributed by atoms with Gasteiger partial charge >= 0.3 is 16.2 Å². The normalized spacial score (nSPS) is 11.5. The zero-order valence-electron chi connectivity index (χ0n) is 8.92. The Bertz CT molecular complexity index is 517. The van der Waals surface area contributed by atoms with Crippen LogP contribution >= 0.6 is 0 Å². The largest absolute Gasteiger partial charge is 0.480 e. The van der Waals surface area contributed by atoms with E-state index >= 15 is 0 Å². The number of rotatable bonds is 5. The fourth-order valence-corrected chi connectivity index (χ4v) is 1.92. The fraction of sp³-hybridized carbons (Fsp3) is 0.222. The highest BCUT2D eigenvalue weighted by Gasteiger charge is 2.19. The average molecular weight is 262 g/mol. The molecule has 0 atom stereocenters. The van der Waals surface area contributed by atoms with Gasteiger partial charge in [0.05, 0.1) is 5.69 Å². The van der Waals surface area contributed by atoms with E-state index in [1.54, 1.807) is 0 Å². The van der Waals surface area contributed by atoms with Crippen LogP contribution in [0.4, 0.5) is 10.1 Å². The van der Waals surface area contributed by atoms with Crippen molar-refractivity contribution in [2.75, 3.05) is 18.3 Å². The van der Waals surface area contributed by atoms with Crippen LogP contribution in [0.3, 0.4) is 0 Å². The number of carboxylic acids is 1. The number of anilines is 1. The summed E-state index contributed by atoms with van der Waals surface area (Å²) in [6.07, 6.45) is 0. The molecule has 1 aromatic carbocycles. The van der Waals surface area contributed by atoms with Crippen molar-refractivity contribution >= 4 is 21.9 Å². The van der Waals surface area contributed by atoms with Gasteiger partial charge in [0, 0.05) is 7.05 Å². The SMILES string of the molecule is CN(CC(=O)O)S(=O)(=O)Nc1cccc(F)c1. The number of benzene rings is 1. The number of hydrogen-bond acceptors (Lipinski definition) is 3. The van der Waals surface area contributed by atoms with Gasteiger partial charge in [-0.1, -0.05) is 6.07 Å². The number of halogens is 1. The summed E-state index contributed by atoms with van der Waals surface area (Å²) in [7, 11) is -2.88. The van der Waals surface area contributed by atoms with Crippen LogP contribution < -0.4 is 4.72 Å². The second kappa shape index (κ2) is 5.11. The molecule has 0 unspecified atom stereocenters. The van der Waals surface area contributed by atoms with E-state index in [0.717, 1.165) is 13.1 Å². The molecule has 0 fully saturated rings. The smallest absolute Gasteiger partial charge is 0.318 e. The van der Waals surface area contributed by atoms with Crippen LogP contribution in [0.5, 0.6) is 0 Å². The highest BCUT2D eigenvalue weighted by Crippen LogP contribution is 2.12. The molecule has 6 nitrogen and oxygen atoms in total. The molecule has 1 rings (SSSR count). The third-order valence-corrected chi connectivity index (χ3v) is 3.28. The lowest BCUT2D eigenvalue weighted by atomic mass is 10.3. The van der Waals surface area contributed by atoms with Crippen molar-refractivity contribution in [2.45, 2.75) is 0 Å². The molecular formula is C9H11FN2O4S. The molecule has 0 spiro atoms.